The van der Waals surface area contributed by atoms with Crippen molar-refractivity contribution in [3.63, 3.8) is 0 Å². The number of hydrogen-bond acceptors (Lipinski definition) is 6. The SMILES string of the molecule is COCCOC(=O)Nc1cccc(NC(=O)c2cccc(S(=O)(=O)NC(C)C)c2)c1. The Hall–Kier alpha value is -2.95. The van der Waals surface area contributed by atoms with E-state index >= 15 is 0 Å². The zero-order valence-corrected chi connectivity index (χ0v) is 17.8. The number of methoxy groups -OCH3 is 1. The lowest BCUT2D eigenvalue weighted by molar-refractivity contribution is 0.102. The van der Waals surface area contributed by atoms with E-state index in [2.05, 4.69) is 15.4 Å². The zero-order valence-electron chi connectivity index (χ0n) is 17.0. The van der Waals surface area contributed by atoms with Crippen molar-refractivity contribution in [2.45, 2.75) is 24.8 Å². The van der Waals surface area contributed by atoms with Crippen molar-refractivity contribution < 1.29 is 27.5 Å². The summed E-state index contributed by atoms with van der Waals surface area (Å²) in [6.07, 6.45) is -0.647. The molecule has 0 radical (unpaired) electrons. The number of amides is 2. The van der Waals surface area contributed by atoms with Crippen molar-refractivity contribution in [1.29, 1.82) is 0 Å². The van der Waals surface area contributed by atoms with Crippen LogP contribution in [0.25, 0.3) is 0 Å². The largest absolute Gasteiger partial charge is 0.447 e. The molecule has 0 aliphatic rings. The van der Waals surface area contributed by atoms with Crippen LogP contribution in [-0.2, 0) is 19.5 Å². The van der Waals surface area contributed by atoms with Gasteiger partial charge in [-0.25, -0.2) is 17.9 Å². The second kappa shape index (κ2) is 10.7. The zero-order chi connectivity index (χ0) is 22.1. The van der Waals surface area contributed by atoms with E-state index in [0.29, 0.717) is 11.4 Å². The Morgan fingerprint density at radius 2 is 1.63 bits per heavy atom. The Kier molecular flexibility index (Phi) is 8.34. The van der Waals surface area contributed by atoms with E-state index in [4.69, 9.17) is 9.47 Å². The highest BCUT2D eigenvalue weighted by Crippen LogP contribution is 2.18. The second-order valence-electron chi connectivity index (χ2n) is 6.59. The van der Waals surface area contributed by atoms with Gasteiger partial charge in [-0.3, -0.25) is 10.1 Å². The van der Waals surface area contributed by atoms with Crippen molar-refractivity contribution in [2.75, 3.05) is 31.0 Å². The van der Waals surface area contributed by atoms with E-state index in [-0.39, 0.29) is 29.7 Å². The fraction of sp³-hybridized carbons (Fsp3) is 0.300. The molecule has 0 spiro atoms. The van der Waals surface area contributed by atoms with Gasteiger partial charge in [0.25, 0.3) is 5.91 Å². The van der Waals surface area contributed by atoms with Crippen LogP contribution < -0.4 is 15.4 Å². The summed E-state index contributed by atoms with van der Waals surface area (Å²) in [7, 11) is -2.22. The number of carbonyl (C=O) groups excluding carboxylic acids is 2. The lowest BCUT2D eigenvalue weighted by Crippen LogP contribution is -2.30. The molecular formula is C20H25N3O6S. The van der Waals surface area contributed by atoms with Gasteiger partial charge in [0, 0.05) is 30.1 Å². The fourth-order valence-corrected chi connectivity index (χ4v) is 3.73. The average molecular weight is 436 g/mol. The number of hydrogen-bond donors (Lipinski definition) is 3. The summed E-state index contributed by atoms with van der Waals surface area (Å²) in [5.74, 6) is -0.489. The summed E-state index contributed by atoms with van der Waals surface area (Å²) in [5, 5.41) is 5.22. The Balaban J connectivity index is 2.08. The van der Waals surface area contributed by atoms with Gasteiger partial charge >= 0.3 is 6.09 Å². The van der Waals surface area contributed by atoms with Crippen LogP contribution in [0.5, 0.6) is 0 Å². The predicted molar refractivity (Wildman–Crippen MR) is 113 cm³/mol. The van der Waals surface area contributed by atoms with Gasteiger partial charge in [0.05, 0.1) is 11.5 Å². The molecule has 0 unspecified atom stereocenters. The highest BCUT2D eigenvalue weighted by Gasteiger charge is 2.17. The van der Waals surface area contributed by atoms with Crippen LogP contribution in [0.3, 0.4) is 0 Å². The molecule has 10 heteroatoms. The van der Waals surface area contributed by atoms with Crippen molar-refractivity contribution in [1.82, 2.24) is 4.72 Å². The van der Waals surface area contributed by atoms with E-state index in [1.807, 2.05) is 0 Å². The molecule has 0 aliphatic heterocycles. The first kappa shape index (κ1) is 23.3. The third-order valence-corrected chi connectivity index (χ3v) is 5.34. The summed E-state index contributed by atoms with van der Waals surface area (Å²) < 4.78 is 36.8. The van der Waals surface area contributed by atoms with Gasteiger partial charge in [0.15, 0.2) is 0 Å². The highest BCUT2D eigenvalue weighted by molar-refractivity contribution is 7.89. The minimum absolute atomic E-state index is 0.00179. The number of benzene rings is 2. The average Bonchev–Trinajstić information content (AvgIpc) is 2.67. The van der Waals surface area contributed by atoms with Gasteiger partial charge in [-0.1, -0.05) is 12.1 Å². The first-order valence-electron chi connectivity index (χ1n) is 9.18. The summed E-state index contributed by atoms with van der Waals surface area (Å²) in [6.45, 7) is 3.82. The Bertz CT molecular complexity index is 992. The van der Waals surface area contributed by atoms with Crippen molar-refractivity contribution in [2.24, 2.45) is 0 Å². The number of rotatable bonds is 9. The molecule has 162 valence electrons. The lowest BCUT2D eigenvalue weighted by Gasteiger charge is -2.11. The maximum Gasteiger partial charge on any atom is 0.411 e. The maximum atomic E-state index is 12.6. The molecular weight excluding hydrogens is 410 g/mol. The third-order valence-electron chi connectivity index (χ3n) is 3.68. The molecule has 3 N–H and O–H groups in total. The minimum atomic E-state index is -3.72. The van der Waals surface area contributed by atoms with E-state index in [9.17, 15) is 18.0 Å². The van der Waals surface area contributed by atoms with Crippen LogP contribution >= 0.6 is 0 Å². The van der Waals surface area contributed by atoms with Gasteiger partial charge in [-0.15, -0.1) is 0 Å². The van der Waals surface area contributed by atoms with Gasteiger partial charge in [-0.05, 0) is 50.2 Å². The standard InChI is InChI=1S/C20H25N3O6S/c1-14(2)23-30(26,27)18-9-4-6-15(12-18)19(24)21-16-7-5-8-17(13-16)22-20(25)29-11-10-28-3/h4-9,12-14,23H,10-11H2,1-3H3,(H,21,24)(H,22,25). The Morgan fingerprint density at radius 3 is 2.30 bits per heavy atom. The van der Waals surface area contributed by atoms with Gasteiger partial charge in [0.2, 0.25) is 10.0 Å². The van der Waals surface area contributed by atoms with Crippen LogP contribution in [0.4, 0.5) is 16.2 Å². The maximum absolute atomic E-state index is 12.6. The molecule has 0 bridgehead atoms. The van der Waals surface area contributed by atoms with Crippen LogP contribution in [0.1, 0.15) is 24.2 Å². The van der Waals surface area contributed by atoms with Crippen LogP contribution in [0.15, 0.2) is 53.4 Å². The molecule has 0 saturated heterocycles. The summed E-state index contributed by atoms with van der Waals surface area (Å²) in [6, 6.07) is 11.9. The van der Waals surface area contributed by atoms with Crippen LogP contribution in [-0.4, -0.2) is 46.8 Å². The number of sulfonamides is 1. The van der Waals surface area contributed by atoms with E-state index in [0.717, 1.165) is 0 Å². The molecule has 2 rings (SSSR count). The number of ether oxygens (including phenoxy) is 2. The molecule has 0 saturated carbocycles. The molecule has 2 aromatic carbocycles. The summed E-state index contributed by atoms with van der Waals surface area (Å²) in [5.41, 5.74) is 1.02. The van der Waals surface area contributed by atoms with Crippen molar-refractivity contribution in [3.05, 3.63) is 54.1 Å². The molecule has 2 amide bonds. The molecule has 30 heavy (non-hydrogen) atoms. The quantitative estimate of drug-likeness (QED) is 0.521. The molecule has 0 aromatic heterocycles. The second-order valence-corrected chi connectivity index (χ2v) is 8.31. The monoisotopic (exact) mass is 435 g/mol. The molecule has 0 atom stereocenters. The van der Waals surface area contributed by atoms with Crippen LogP contribution in [0.2, 0.25) is 0 Å². The fourth-order valence-electron chi connectivity index (χ4n) is 2.43. The van der Waals surface area contributed by atoms with Crippen LogP contribution in [0, 0.1) is 0 Å². The summed E-state index contributed by atoms with van der Waals surface area (Å²) in [4.78, 5) is 24.3. The third kappa shape index (κ3) is 7.14. The Morgan fingerprint density at radius 1 is 0.967 bits per heavy atom. The minimum Gasteiger partial charge on any atom is -0.447 e. The molecule has 0 heterocycles. The number of carbonyl (C=O) groups is 2. The number of anilines is 2. The van der Waals surface area contributed by atoms with Gasteiger partial charge in [-0.2, -0.15) is 0 Å². The highest BCUT2D eigenvalue weighted by atomic mass is 32.2. The first-order chi connectivity index (χ1) is 14.2. The normalized spacial score (nSPS) is 11.2. The number of nitrogens with one attached hydrogen (secondary N) is 3. The first-order valence-corrected chi connectivity index (χ1v) is 10.7. The van der Waals surface area contributed by atoms with Crippen molar-refractivity contribution in [3.8, 4) is 0 Å². The van der Waals surface area contributed by atoms with E-state index < -0.39 is 22.0 Å². The van der Waals surface area contributed by atoms with E-state index in [1.165, 1.54) is 31.4 Å². The topological polar surface area (TPSA) is 123 Å². The summed E-state index contributed by atoms with van der Waals surface area (Å²) >= 11 is 0. The van der Waals surface area contributed by atoms with Gasteiger partial charge < -0.3 is 14.8 Å². The predicted octanol–water partition coefficient (Wildman–Crippen LogP) is 2.82. The molecule has 9 nitrogen and oxygen atoms in total. The lowest BCUT2D eigenvalue weighted by atomic mass is 10.2. The van der Waals surface area contributed by atoms with Gasteiger partial charge in [0.1, 0.15) is 6.61 Å². The smallest absolute Gasteiger partial charge is 0.411 e. The van der Waals surface area contributed by atoms with Crippen molar-refractivity contribution >= 4 is 33.4 Å². The molecule has 0 fully saturated rings. The Labute approximate surface area is 175 Å². The molecule has 2 aromatic rings. The van der Waals surface area contributed by atoms with E-state index in [1.54, 1.807) is 38.1 Å². The molecule has 0 aliphatic carbocycles.